The molecule has 0 aliphatic rings. The lowest BCUT2D eigenvalue weighted by Gasteiger charge is -2.18. The number of carbonyl (C=O) groups excluding carboxylic acids is 1. The molecule has 0 heterocycles. The first-order valence-corrected chi connectivity index (χ1v) is 6.84. The predicted octanol–water partition coefficient (Wildman–Crippen LogP) is 2.54. The van der Waals surface area contributed by atoms with Crippen LogP contribution < -0.4 is 4.74 Å². The molecule has 4 heteroatoms. The van der Waals surface area contributed by atoms with Crippen molar-refractivity contribution in [1.82, 2.24) is 0 Å². The molecule has 0 amide bonds. The van der Waals surface area contributed by atoms with Crippen LogP contribution in [0.5, 0.6) is 11.5 Å². The van der Waals surface area contributed by atoms with E-state index < -0.39 is 6.10 Å². The fourth-order valence-electron chi connectivity index (χ4n) is 2.36. The highest BCUT2D eigenvalue weighted by Gasteiger charge is 2.20. The van der Waals surface area contributed by atoms with Gasteiger partial charge in [0.2, 0.25) is 0 Å². The first-order chi connectivity index (χ1) is 9.27. The molecular weight excluding hydrogens is 256 g/mol. The number of ether oxygens (including phenoxy) is 1. The lowest BCUT2D eigenvalue weighted by atomic mass is 9.90. The summed E-state index contributed by atoms with van der Waals surface area (Å²) >= 11 is 0. The van der Waals surface area contributed by atoms with Gasteiger partial charge in [-0.1, -0.05) is 6.92 Å². The Morgan fingerprint density at radius 2 is 1.95 bits per heavy atom. The molecule has 0 saturated carbocycles. The van der Waals surface area contributed by atoms with Gasteiger partial charge in [0.15, 0.2) is 0 Å². The fourth-order valence-corrected chi connectivity index (χ4v) is 2.36. The molecule has 0 unspecified atom stereocenters. The highest BCUT2D eigenvalue weighted by molar-refractivity contribution is 5.81. The van der Waals surface area contributed by atoms with Gasteiger partial charge in [-0.3, -0.25) is 4.79 Å². The molecule has 1 aromatic carbocycles. The van der Waals surface area contributed by atoms with E-state index in [1.165, 1.54) is 0 Å². The maximum absolute atomic E-state index is 12.0. The van der Waals surface area contributed by atoms with Crippen LogP contribution in [0.15, 0.2) is 6.07 Å². The molecule has 2 atom stereocenters. The Balaban J connectivity index is 3.03. The van der Waals surface area contributed by atoms with Gasteiger partial charge < -0.3 is 14.9 Å². The zero-order valence-corrected chi connectivity index (χ0v) is 12.9. The number of carbonyl (C=O) groups is 1. The third-order valence-corrected chi connectivity index (χ3v) is 3.59. The smallest absolute Gasteiger partial charge is 0.138 e. The Morgan fingerprint density at radius 3 is 2.45 bits per heavy atom. The molecule has 0 bridgehead atoms. The van der Waals surface area contributed by atoms with Gasteiger partial charge in [-0.15, -0.1) is 0 Å². The van der Waals surface area contributed by atoms with Crippen LogP contribution in [0.1, 0.15) is 37.0 Å². The third-order valence-electron chi connectivity index (χ3n) is 3.59. The highest BCUT2D eigenvalue weighted by Crippen LogP contribution is 2.35. The largest absolute Gasteiger partial charge is 0.508 e. The number of rotatable bonds is 6. The average Bonchev–Trinajstić information content (AvgIpc) is 2.35. The van der Waals surface area contributed by atoms with Crippen molar-refractivity contribution in [1.29, 1.82) is 0 Å². The van der Waals surface area contributed by atoms with Gasteiger partial charge in [-0.2, -0.15) is 0 Å². The van der Waals surface area contributed by atoms with E-state index in [1.54, 1.807) is 27.0 Å². The van der Waals surface area contributed by atoms with Crippen molar-refractivity contribution >= 4 is 5.78 Å². The second-order valence-corrected chi connectivity index (χ2v) is 5.47. The topological polar surface area (TPSA) is 66.8 Å². The molecule has 0 fully saturated rings. The normalized spacial score (nSPS) is 13.9. The molecule has 1 aromatic rings. The second kappa shape index (κ2) is 6.75. The van der Waals surface area contributed by atoms with Crippen molar-refractivity contribution in [3.8, 4) is 11.5 Å². The molecular formula is C16H24O4. The summed E-state index contributed by atoms with van der Waals surface area (Å²) in [6.45, 7) is 7.15. The summed E-state index contributed by atoms with van der Waals surface area (Å²) in [7, 11) is 1.56. The SMILES string of the molecule is COc1c(C)c(O)cc(C)c1C[C@H](C)C(=O)C[C@H](C)O. The van der Waals surface area contributed by atoms with Gasteiger partial charge in [0, 0.05) is 17.9 Å². The number of methoxy groups -OCH3 is 1. The third kappa shape index (κ3) is 3.73. The molecule has 0 radical (unpaired) electrons. The molecule has 0 aliphatic carbocycles. The Bertz CT molecular complexity index is 492. The first-order valence-electron chi connectivity index (χ1n) is 6.84. The number of benzene rings is 1. The average molecular weight is 280 g/mol. The number of aryl methyl sites for hydroxylation is 1. The Labute approximate surface area is 120 Å². The van der Waals surface area contributed by atoms with Gasteiger partial charge in [0.25, 0.3) is 0 Å². The highest BCUT2D eigenvalue weighted by atomic mass is 16.5. The van der Waals surface area contributed by atoms with Crippen LogP contribution in [0.4, 0.5) is 0 Å². The van der Waals surface area contributed by atoms with E-state index in [1.807, 2.05) is 13.8 Å². The monoisotopic (exact) mass is 280 g/mol. The number of aliphatic hydroxyl groups is 1. The Morgan fingerprint density at radius 1 is 1.35 bits per heavy atom. The number of phenols is 1. The minimum atomic E-state index is -0.616. The molecule has 2 N–H and O–H groups in total. The van der Waals surface area contributed by atoms with Crippen LogP contribution in [0.3, 0.4) is 0 Å². The molecule has 0 saturated heterocycles. The standard InChI is InChI=1S/C16H24O4/c1-9-7-15(19)12(4)16(20-5)13(9)6-10(2)14(18)8-11(3)17/h7,10-11,17,19H,6,8H2,1-5H3/t10-,11-/m0/s1. The Hall–Kier alpha value is -1.55. The van der Waals surface area contributed by atoms with E-state index in [2.05, 4.69) is 0 Å². The van der Waals surface area contributed by atoms with E-state index in [0.717, 1.165) is 11.1 Å². The van der Waals surface area contributed by atoms with E-state index >= 15 is 0 Å². The van der Waals surface area contributed by atoms with Crippen molar-refractivity contribution in [3.05, 3.63) is 22.8 Å². The number of phenolic OH excluding ortho intramolecular Hbond substituents is 1. The predicted molar refractivity (Wildman–Crippen MR) is 78.3 cm³/mol. The van der Waals surface area contributed by atoms with Crippen molar-refractivity contribution in [3.63, 3.8) is 0 Å². The zero-order valence-electron chi connectivity index (χ0n) is 12.9. The number of ketones is 1. The Kier molecular flexibility index (Phi) is 5.57. The molecule has 1 rings (SSSR count). The van der Waals surface area contributed by atoms with Crippen LogP contribution in [-0.2, 0) is 11.2 Å². The quantitative estimate of drug-likeness (QED) is 0.840. The number of hydrogen-bond donors (Lipinski definition) is 2. The molecule has 0 spiro atoms. The molecule has 4 nitrogen and oxygen atoms in total. The van der Waals surface area contributed by atoms with Crippen LogP contribution >= 0.6 is 0 Å². The van der Waals surface area contributed by atoms with E-state index in [-0.39, 0.29) is 23.9 Å². The van der Waals surface area contributed by atoms with Crippen LogP contribution in [0.25, 0.3) is 0 Å². The van der Waals surface area contributed by atoms with Gasteiger partial charge in [0.05, 0.1) is 13.2 Å². The molecule has 0 aliphatic heterocycles. The maximum Gasteiger partial charge on any atom is 0.138 e. The van der Waals surface area contributed by atoms with Crippen LogP contribution in [-0.4, -0.2) is 29.2 Å². The van der Waals surface area contributed by atoms with Crippen LogP contribution in [0.2, 0.25) is 0 Å². The maximum atomic E-state index is 12.0. The lowest BCUT2D eigenvalue weighted by Crippen LogP contribution is -2.19. The molecule has 112 valence electrons. The van der Waals surface area contributed by atoms with Crippen molar-refractivity contribution in [2.45, 2.75) is 46.6 Å². The number of aliphatic hydroxyl groups excluding tert-OH is 1. The first kappa shape index (κ1) is 16.5. The van der Waals surface area contributed by atoms with Gasteiger partial charge >= 0.3 is 0 Å². The summed E-state index contributed by atoms with van der Waals surface area (Å²) in [5.74, 6) is 0.679. The van der Waals surface area contributed by atoms with Crippen molar-refractivity contribution in [2.24, 2.45) is 5.92 Å². The number of hydrogen-bond acceptors (Lipinski definition) is 4. The van der Waals surface area contributed by atoms with Gasteiger partial charge in [-0.25, -0.2) is 0 Å². The lowest BCUT2D eigenvalue weighted by molar-refractivity contribution is -0.124. The minimum absolute atomic E-state index is 0.0344. The summed E-state index contributed by atoms with van der Waals surface area (Å²) in [4.78, 5) is 12.0. The minimum Gasteiger partial charge on any atom is -0.508 e. The van der Waals surface area contributed by atoms with Gasteiger partial charge in [-0.05, 0) is 44.4 Å². The van der Waals surface area contributed by atoms with Crippen molar-refractivity contribution < 1.29 is 19.7 Å². The summed E-state index contributed by atoms with van der Waals surface area (Å²) in [6.07, 6.45) is 0.0934. The van der Waals surface area contributed by atoms with Crippen molar-refractivity contribution in [2.75, 3.05) is 7.11 Å². The molecule has 20 heavy (non-hydrogen) atoms. The second-order valence-electron chi connectivity index (χ2n) is 5.47. The summed E-state index contributed by atoms with van der Waals surface area (Å²) in [5, 5.41) is 19.1. The summed E-state index contributed by atoms with van der Waals surface area (Å²) < 4.78 is 5.38. The number of aromatic hydroxyl groups is 1. The summed E-state index contributed by atoms with van der Waals surface area (Å²) in [5.41, 5.74) is 2.53. The molecule has 0 aromatic heterocycles. The zero-order chi connectivity index (χ0) is 15.4. The van der Waals surface area contributed by atoms with E-state index in [0.29, 0.717) is 17.7 Å². The van der Waals surface area contributed by atoms with E-state index in [9.17, 15) is 15.0 Å². The fraction of sp³-hybridized carbons (Fsp3) is 0.562. The number of Topliss-reactive ketones (excluding diaryl/α,β-unsaturated/α-hetero) is 1. The van der Waals surface area contributed by atoms with Gasteiger partial charge in [0.1, 0.15) is 17.3 Å². The van der Waals surface area contributed by atoms with Crippen LogP contribution in [0, 0.1) is 19.8 Å². The van der Waals surface area contributed by atoms with E-state index in [4.69, 9.17) is 4.74 Å². The summed E-state index contributed by atoms with van der Waals surface area (Å²) in [6, 6.07) is 1.69.